The maximum absolute atomic E-state index is 12.7. The number of hydrogen-bond donors (Lipinski definition) is 0. The Bertz CT molecular complexity index is 854. The van der Waals surface area contributed by atoms with Gasteiger partial charge in [-0.1, -0.05) is 12.1 Å². The summed E-state index contributed by atoms with van der Waals surface area (Å²) in [6.07, 6.45) is 5.06. The Kier molecular flexibility index (Phi) is 5.38. The van der Waals surface area contributed by atoms with E-state index in [0.717, 1.165) is 38.0 Å². The average Bonchev–Trinajstić information content (AvgIpc) is 2.74. The van der Waals surface area contributed by atoms with Crippen molar-refractivity contribution in [3.05, 3.63) is 65.5 Å². The third-order valence-corrected chi connectivity index (χ3v) is 5.83. The van der Waals surface area contributed by atoms with Crippen LogP contribution in [0.15, 0.2) is 48.8 Å². The van der Waals surface area contributed by atoms with E-state index >= 15 is 0 Å². The van der Waals surface area contributed by atoms with E-state index in [-0.39, 0.29) is 24.1 Å². The number of piperidine rings is 1. The Morgan fingerprint density at radius 3 is 2.43 bits per heavy atom. The summed E-state index contributed by atoms with van der Waals surface area (Å²) in [5, 5.41) is 8.92. The summed E-state index contributed by atoms with van der Waals surface area (Å²) in [6.45, 7) is 2.78. The number of β-lactam (4-membered cyclic amide) rings is 1. The molecule has 2 atom stereocenters. The summed E-state index contributed by atoms with van der Waals surface area (Å²) in [4.78, 5) is 21.2. The molecule has 0 bridgehead atoms. The van der Waals surface area contributed by atoms with Gasteiger partial charge in [-0.15, -0.1) is 0 Å². The van der Waals surface area contributed by atoms with Gasteiger partial charge in [0, 0.05) is 45.2 Å². The Labute approximate surface area is 165 Å². The molecule has 144 valence electrons. The van der Waals surface area contributed by atoms with E-state index in [9.17, 15) is 4.79 Å². The number of carbonyl (C=O) groups excluding carboxylic acids is 1. The van der Waals surface area contributed by atoms with Crippen molar-refractivity contribution in [3.8, 4) is 6.07 Å². The molecule has 2 aliphatic heterocycles. The predicted octanol–water partition coefficient (Wildman–Crippen LogP) is 2.52. The van der Waals surface area contributed by atoms with Crippen molar-refractivity contribution in [3.63, 3.8) is 0 Å². The van der Waals surface area contributed by atoms with Crippen molar-refractivity contribution in [1.29, 1.82) is 5.26 Å². The number of methoxy groups -OCH3 is 1. The first-order valence-electron chi connectivity index (χ1n) is 9.67. The van der Waals surface area contributed by atoms with Crippen LogP contribution in [0.3, 0.4) is 0 Å². The number of benzene rings is 1. The molecule has 0 N–H and O–H groups in total. The van der Waals surface area contributed by atoms with Gasteiger partial charge in [0.25, 0.3) is 5.91 Å². The van der Waals surface area contributed by atoms with Gasteiger partial charge < -0.3 is 9.64 Å². The average molecular weight is 376 g/mol. The topological polar surface area (TPSA) is 69.5 Å². The first kappa shape index (κ1) is 18.6. The van der Waals surface area contributed by atoms with Gasteiger partial charge in [-0.25, -0.2) is 0 Å². The van der Waals surface area contributed by atoms with Crippen LogP contribution >= 0.6 is 0 Å². The fourth-order valence-corrected chi connectivity index (χ4v) is 4.31. The lowest BCUT2D eigenvalue weighted by Gasteiger charge is -2.52. The number of amides is 1. The number of carbonyl (C=O) groups is 1. The SMILES string of the molecule is CO[C@H]1C(=O)N(C2CCN(Cc3ccc(C#N)cc3)CC2)[C@H]1c1ccncc1. The van der Waals surface area contributed by atoms with Crippen LogP contribution in [0.2, 0.25) is 0 Å². The van der Waals surface area contributed by atoms with Gasteiger partial charge in [-0.05, 0) is 48.2 Å². The van der Waals surface area contributed by atoms with Gasteiger partial charge in [-0.3, -0.25) is 14.7 Å². The van der Waals surface area contributed by atoms with Crippen molar-refractivity contribution in [2.75, 3.05) is 20.2 Å². The molecule has 2 fully saturated rings. The molecule has 2 aromatic rings. The fraction of sp³-hybridized carbons (Fsp3) is 0.409. The van der Waals surface area contributed by atoms with Crippen LogP contribution in [0.4, 0.5) is 0 Å². The van der Waals surface area contributed by atoms with Crippen LogP contribution in [-0.2, 0) is 16.1 Å². The van der Waals surface area contributed by atoms with Crippen LogP contribution in [0.25, 0.3) is 0 Å². The zero-order chi connectivity index (χ0) is 19.5. The monoisotopic (exact) mass is 376 g/mol. The lowest BCUT2D eigenvalue weighted by Crippen LogP contribution is -2.64. The minimum atomic E-state index is -0.390. The molecular weight excluding hydrogens is 352 g/mol. The zero-order valence-electron chi connectivity index (χ0n) is 16.0. The number of rotatable bonds is 5. The van der Waals surface area contributed by atoms with E-state index in [2.05, 4.69) is 16.0 Å². The summed E-state index contributed by atoms with van der Waals surface area (Å²) in [7, 11) is 1.61. The van der Waals surface area contributed by atoms with Crippen molar-refractivity contribution in [2.24, 2.45) is 0 Å². The lowest BCUT2D eigenvalue weighted by molar-refractivity contribution is -0.178. The maximum atomic E-state index is 12.7. The molecule has 0 saturated carbocycles. The van der Waals surface area contributed by atoms with E-state index in [1.54, 1.807) is 19.5 Å². The molecule has 4 rings (SSSR count). The molecule has 6 nitrogen and oxygen atoms in total. The molecule has 0 radical (unpaired) electrons. The summed E-state index contributed by atoms with van der Waals surface area (Å²) < 4.78 is 5.46. The van der Waals surface area contributed by atoms with Gasteiger partial charge in [0.2, 0.25) is 0 Å². The highest BCUT2D eigenvalue weighted by atomic mass is 16.5. The quantitative estimate of drug-likeness (QED) is 0.750. The predicted molar refractivity (Wildman–Crippen MR) is 104 cm³/mol. The summed E-state index contributed by atoms with van der Waals surface area (Å²) in [5.74, 6) is 0.0925. The van der Waals surface area contributed by atoms with E-state index in [4.69, 9.17) is 10.00 Å². The Hall–Kier alpha value is -2.75. The number of nitrogens with zero attached hydrogens (tertiary/aromatic N) is 4. The number of ether oxygens (including phenoxy) is 1. The molecule has 1 amide bonds. The number of likely N-dealkylation sites (tertiary alicyclic amines) is 2. The molecule has 6 heteroatoms. The highest BCUT2D eigenvalue weighted by molar-refractivity contribution is 5.89. The normalized spacial score (nSPS) is 23.3. The summed E-state index contributed by atoms with van der Waals surface area (Å²) in [5.41, 5.74) is 2.99. The standard InChI is InChI=1S/C22H24N4O2/c1-28-21-20(18-6-10-24-11-7-18)26(22(21)27)19-8-12-25(13-9-19)15-17-4-2-16(14-23)3-5-17/h2-7,10-11,19-21H,8-9,12-13,15H2,1H3/t20-,21+/m0/s1. The van der Waals surface area contributed by atoms with E-state index in [0.29, 0.717) is 5.56 Å². The molecule has 1 aromatic carbocycles. The number of nitriles is 1. The zero-order valence-corrected chi connectivity index (χ0v) is 16.0. The van der Waals surface area contributed by atoms with Crippen LogP contribution in [0.1, 0.15) is 35.6 Å². The third kappa shape index (κ3) is 3.51. The van der Waals surface area contributed by atoms with Crippen LogP contribution in [0.5, 0.6) is 0 Å². The van der Waals surface area contributed by atoms with Crippen LogP contribution in [0, 0.1) is 11.3 Å². The highest BCUT2D eigenvalue weighted by Gasteiger charge is 2.51. The molecule has 28 heavy (non-hydrogen) atoms. The summed E-state index contributed by atoms with van der Waals surface area (Å²) >= 11 is 0. The molecular formula is C22H24N4O2. The van der Waals surface area contributed by atoms with Gasteiger partial charge in [0.1, 0.15) is 0 Å². The smallest absolute Gasteiger partial charge is 0.255 e. The molecule has 0 aliphatic carbocycles. The number of pyridine rings is 1. The van der Waals surface area contributed by atoms with Gasteiger partial charge in [-0.2, -0.15) is 5.26 Å². The number of hydrogen-bond acceptors (Lipinski definition) is 5. The second kappa shape index (κ2) is 8.09. The molecule has 1 aromatic heterocycles. The Morgan fingerprint density at radius 2 is 1.82 bits per heavy atom. The van der Waals surface area contributed by atoms with Crippen molar-refractivity contribution < 1.29 is 9.53 Å². The van der Waals surface area contributed by atoms with E-state index in [1.165, 1.54) is 5.56 Å². The Morgan fingerprint density at radius 1 is 1.14 bits per heavy atom. The number of aromatic nitrogens is 1. The van der Waals surface area contributed by atoms with E-state index in [1.807, 2.05) is 41.3 Å². The second-order valence-corrected chi connectivity index (χ2v) is 7.44. The van der Waals surface area contributed by atoms with Gasteiger partial charge >= 0.3 is 0 Å². The summed E-state index contributed by atoms with van der Waals surface area (Å²) in [6, 6.07) is 14.1. The molecule has 0 spiro atoms. The van der Waals surface area contributed by atoms with E-state index < -0.39 is 0 Å². The molecule has 2 aliphatic rings. The van der Waals surface area contributed by atoms with Crippen molar-refractivity contribution in [1.82, 2.24) is 14.8 Å². The largest absolute Gasteiger partial charge is 0.369 e. The Balaban J connectivity index is 1.38. The highest BCUT2D eigenvalue weighted by Crippen LogP contribution is 2.40. The molecule has 2 saturated heterocycles. The van der Waals surface area contributed by atoms with Gasteiger partial charge in [0.15, 0.2) is 6.10 Å². The first-order valence-corrected chi connectivity index (χ1v) is 9.67. The molecule has 0 unspecified atom stereocenters. The van der Waals surface area contributed by atoms with Crippen molar-refractivity contribution >= 4 is 5.91 Å². The fourth-order valence-electron chi connectivity index (χ4n) is 4.31. The minimum Gasteiger partial charge on any atom is -0.369 e. The molecule has 3 heterocycles. The van der Waals surface area contributed by atoms with Crippen LogP contribution < -0.4 is 0 Å². The maximum Gasteiger partial charge on any atom is 0.255 e. The third-order valence-electron chi connectivity index (χ3n) is 5.83. The van der Waals surface area contributed by atoms with Crippen LogP contribution in [-0.4, -0.2) is 53.0 Å². The second-order valence-electron chi connectivity index (χ2n) is 7.44. The minimum absolute atomic E-state index is 0.0180. The van der Waals surface area contributed by atoms with Crippen molar-refractivity contribution in [2.45, 2.75) is 37.6 Å². The first-order chi connectivity index (χ1) is 13.7. The van der Waals surface area contributed by atoms with Gasteiger partial charge in [0.05, 0.1) is 17.7 Å². The lowest BCUT2D eigenvalue weighted by atomic mass is 9.86.